The van der Waals surface area contributed by atoms with Crippen LogP contribution in [0.15, 0.2) is 91.0 Å². The van der Waals surface area contributed by atoms with Crippen LogP contribution in [0.25, 0.3) is 0 Å². The molecule has 1 heterocycles. The Morgan fingerprint density at radius 1 is 0.821 bits per heavy atom. The van der Waals surface area contributed by atoms with Crippen molar-refractivity contribution in [1.82, 2.24) is 4.90 Å². The van der Waals surface area contributed by atoms with Crippen LogP contribution in [0.1, 0.15) is 13.3 Å². The first-order valence-corrected chi connectivity index (χ1v) is 14.1. The number of likely N-dealkylation sites (tertiary alicyclic amines) is 1. The van der Waals surface area contributed by atoms with E-state index in [4.69, 9.17) is 0 Å². The van der Waals surface area contributed by atoms with E-state index in [1.807, 2.05) is 23.1 Å². The number of rotatable bonds is 5. The van der Waals surface area contributed by atoms with Crippen LogP contribution in [0.3, 0.4) is 0 Å². The SMILES string of the molecule is CCN1CCC(P(Br)(c2ccccc2)(c2ccccc2)c2ccccc2)C1=O. The van der Waals surface area contributed by atoms with Crippen LogP contribution >= 0.6 is 20.8 Å². The Hall–Kier alpha value is -1.96. The van der Waals surface area contributed by atoms with Gasteiger partial charge in [-0.25, -0.2) is 0 Å². The van der Waals surface area contributed by atoms with E-state index in [-0.39, 0.29) is 11.6 Å². The Labute approximate surface area is 175 Å². The third-order valence-electron chi connectivity index (χ3n) is 6.02. The predicted octanol–water partition coefficient (Wildman–Crippen LogP) is 4.45. The first kappa shape index (κ1) is 19.4. The molecule has 1 atom stereocenters. The van der Waals surface area contributed by atoms with Gasteiger partial charge in [0.05, 0.1) is 0 Å². The van der Waals surface area contributed by atoms with Crippen molar-refractivity contribution < 1.29 is 4.79 Å². The van der Waals surface area contributed by atoms with Gasteiger partial charge in [0.25, 0.3) is 0 Å². The van der Waals surface area contributed by atoms with E-state index in [0.29, 0.717) is 0 Å². The second-order valence-electron chi connectivity index (χ2n) is 7.30. The fourth-order valence-corrected chi connectivity index (χ4v) is 13.3. The molecule has 0 N–H and O–H groups in total. The van der Waals surface area contributed by atoms with E-state index >= 15 is 0 Å². The third kappa shape index (κ3) is 2.68. The van der Waals surface area contributed by atoms with E-state index in [2.05, 4.69) is 95.2 Å². The summed E-state index contributed by atoms with van der Waals surface area (Å²) < 4.78 is 0. The predicted molar refractivity (Wildman–Crippen MR) is 125 cm³/mol. The molecule has 0 radical (unpaired) electrons. The fourth-order valence-electron chi connectivity index (χ4n) is 4.63. The number of benzene rings is 3. The molecule has 1 fully saturated rings. The van der Waals surface area contributed by atoms with Crippen molar-refractivity contribution in [1.29, 1.82) is 0 Å². The summed E-state index contributed by atoms with van der Waals surface area (Å²) in [6.45, 7) is 3.64. The molecular formula is C24H25BrNOP. The van der Waals surface area contributed by atoms with Crippen molar-refractivity contribution in [3.05, 3.63) is 91.0 Å². The van der Waals surface area contributed by atoms with Gasteiger partial charge in [-0.2, -0.15) is 0 Å². The van der Waals surface area contributed by atoms with Gasteiger partial charge in [0.2, 0.25) is 0 Å². The summed E-state index contributed by atoms with van der Waals surface area (Å²) in [6.07, 6.45) is 0.856. The van der Waals surface area contributed by atoms with Crippen LogP contribution in [0.5, 0.6) is 0 Å². The van der Waals surface area contributed by atoms with E-state index in [0.717, 1.165) is 19.5 Å². The minimum atomic E-state index is -3.21. The van der Waals surface area contributed by atoms with Gasteiger partial charge in [-0.1, -0.05) is 0 Å². The second-order valence-corrected chi connectivity index (χ2v) is 16.0. The molecule has 28 heavy (non-hydrogen) atoms. The zero-order chi connectivity index (χ0) is 19.6. The number of hydrogen-bond donors (Lipinski definition) is 0. The first-order chi connectivity index (χ1) is 13.6. The van der Waals surface area contributed by atoms with E-state index < -0.39 is 5.31 Å². The number of halogens is 1. The van der Waals surface area contributed by atoms with Gasteiger partial charge < -0.3 is 0 Å². The molecule has 1 unspecified atom stereocenters. The van der Waals surface area contributed by atoms with Crippen molar-refractivity contribution in [3.63, 3.8) is 0 Å². The summed E-state index contributed by atoms with van der Waals surface area (Å²) in [6, 6.07) is 31.8. The van der Waals surface area contributed by atoms with Crippen LogP contribution in [0.2, 0.25) is 0 Å². The Morgan fingerprint density at radius 3 is 1.54 bits per heavy atom. The fraction of sp³-hybridized carbons (Fsp3) is 0.208. The van der Waals surface area contributed by atoms with Crippen molar-refractivity contribution in [2.45, 2.75) is 19.0 Å². The van der Waals surface area contributed by atoms with Crippen molar-refractivity contribution in [2.24, 2.45) is 0 Å². The number of carbonyl (C=O) groups is 1. The maximum atomic E-state index is 13.6. The zero-order valence-corrected chi connectivity index (χ0v) is 18.5. The standard InChI is InChI=1S/C24H25BrNOP/c1-2-26-19-18-23(24(26)27)28(25,20-12-6-3-7-13-20,21-14-8-4-9-15-21)22-16-10-5-11-17-22/h3-17,23H,2,18-19H2,1H3. The van der Waals surface area contributed by atoms with Crippen LogP contribution in [-0.2, 0) is 4.79 Å². The van der Waals surface area contributed by atoms with Gasteiger partial charge in [-0.15, -0.1) is 0 Å². The Kier molecular flexibility index (Phi) is 5.16. The maximum absolute atomic E-state index is 13.6. The molecule has 3 aromatic carbocycles. The van der Waals surface area contributed by atoms with Crippen LogP contribution in [0.4, 0.5) is 0 Å². The zero-order valence-electron chi connectivity index (χ0n) is 16.0. The molecule has 0 aromatic heterocycles. The molecule has 0 spiro atoms. The molecule has 1 aliphatic heterocycles. The molecule has 4 heteroatoms. The number of carbonyl (C=O) groups excluding carboxylic acids is 1. The molecule has 1 amide bonds. The van der Waals surface area contributed by atoms with Crippen molar-refractivity contribution >= 4 is 42.6 Å². The average Bonchev–Trinajstić information content (AvgIpc) is 3.16. The minimum absolute atomic E-state index is 0.113. The molecule has 144 valence electrons. The van der Waals surface area contributed by atoms with Gasteiger partial charge in [0.1, 0.15) is 0 Å². The second kappa shape index (κ2) is 7.46. The topological polar surface area (TPSA) is 20.3 Å². The van der Waals surface area contributed by atoms with Gasteiger partial charge in [0, 0.05) is 0 Å². The molecule has 0 aliphatic carbocycles. The van der Waals surface area contributed by atoms with E-state index in [1.54, 1.807) is 0 Å². The summed E-state index contributed by atoms with van der Waals surface area (Å²) in [4.78, 5) is 15.6. The summed E-state index contributed by atoms with van der Waals surface area (Å²) in [5.74, 6) is 0.258. The van der Waals surface area contributed by atoms with Crippen molar-refractivity contribution in [2.75, 3.05) is 13.1 Å². The number of amides is 1. The van der Waals surface area contributed by atoms with E-state index in [1.165, 1.54) is 15.9 Å². The molecule has 1 aliphatic rings. The van der Waals surface area contributed by atoms with Crippen molar-refractivity contribution in [3.8, 4) is 0 Å². The van der Waals surface area contributed by atoms with Crippen LogP contribution < -0.4 is 15.9 Å². The third-order valence-corrected chi connectivity index (χ3v) is 16.8. The summed E-state index contributed by atoms with van der Waals surface area (Å²) in [7, 11) is 0. The molecule has 0 bridgehead atoms. The molecular weight excluding hydrogens is 429 g/mol. The normalized spacial score (nSPS) is 18.6. The monoisotopic (exact) mass is 453 g/mol. The van der Waals surface area contributed by atoms with Gasteiger partial charge in [-0.3, -0.25) is 0 Å². The number of nitrogens with zero attached hydrogens (tertiary/aromatic N) is 1. The molecule has 4 rings (SSSR count). The summed E-state index contributed by atoms with van der Waals surface area (Å²) in [5.41, 5.74) is -0.113. The Bertz CT molecular complexity index is 862. The van der Waals surface area contributed by atoms with Crippen LogP contribution in [0, 0.1) is 0 Å². The van der Waals surface area contributed by atoms with Gasteiger partial charge in [0.15, 0.2) is 0 Å². The summed E-state index contributed by atoms with van der Waals surface area (Å²) in [5, 5.41) is 0.420. The summed E-state index contributed by atoms with van der Waals surface area (Å²) >= 11 is 4.42. The average molecular weight is 454 g/mol. The van der Waals surface area contributed by atoms with Gasteiger partial charge in [-0.05, 0) is 0 Å². The van der Waals surface area contributed by atoms with Crippen LogP contribution in [-0.4, -0.2) is 29.6 Å². The van der Waals surface area contributed by atoms with Gasteiger partial charge >= 0.3 is 175 Å². The van der Waals surface area contributed by atoms with E-state index in [9.17, 15) is 4.79 Å². The molecule has 0 saturated carbocycles. The molecule has 3 aromatic rings. The Morgan fingerprint density at radius 2 is 1.21 bits per heavy atom. The molecule has 1 saturated heterocycles. The quantitative estimate of drug-likeness (QED) is 0.522. The Balaban J connectivity index is 2.12. The first-order valence-electron chi connectivity index (χ1n) is 9.79. The molecule has 2 nitrogen and oxygen atoms in total. The number of hydrogen-bond acceptors (Lipinski definition) is 1.